The molecule has 6 nitrogen and oxygen atoms in total. The van der Waals surface area contributed by atoms with E-state index < -0.39 is 17.1 Å². The predicted octanol–water partition coefficient (Wildman–Crippen LogP) is 5.13. The number of ether oxygens (including phenoxy) is 1. The number of nitro benzene ring substituents is 1. The number of nitro groups is 1. The molecule has 0 aliphatic carbocycles. The first-order chi connectivity index (χ1) is 14.5. The van der Waals surface area contributed by atoms with Crippen LogP contribution in [0.4, 0.5) is 11.4 Å². The number of rotatable bonds is 5. The van der Waals surface area contributed by atoms with Crippen molar-refractivity contribution in [1.82, 2.24) is 0 Å². The first-order valence-electron chi connectivity index (χ1n) is 9.85. The third kappa shape index (κ3) is 3.52. The Kier molecular flexibility index (Phi) is 5.23. The van der Waals surface area contributed by atoms with Crippen LogP contribution in [0.5, 0.6) is 5.75 Å². The average Bonchev–Trinajstić information content (AvgIpc) is 2.76. The van der Waals surface area contributed by atoms with Crippen LogP contribution >= 0.6 is 0 Å². The van der Waals surface area contributed by atoms with E-state index in [9.17, 15) is 14.9 Å². The first kappa shape index (κ1) is 19.6. The monoisotopic (exact) mass is 402 g/mol. The molecule has 1 amide bonds. The van der Waals surface area contributed by atoms with Crippen LogP contribution in [0.3, 0.4) is 0 Å². The average molecular weight is 402 g/mol. The number of carbonyl (C=O) groups excluding carboxylic acids is 1. The van der Waals surface area contributed by atoms with Crippen molar-refractivity contribution in [1.29, 1.82) is 0 Å². The molecule has 0 N–H and O–H groups in total. The molecule has 152 valence electrons. The van der Waals surface area contributed by atoms with Crippen molar-refractivity contribution in [3.63, 3.8) is 0 Å². The lowest BCUT2D eigenvalue weighted by Crippen LogP contribution is -2.50. The molecule has 0 radical (unpaired) electrons. The summed E-state index contributed by atoms with van der Waals surface area (Å²) in [5.74, 6) is 0.196. The standard InChI is InChI=1S/C24H22N2O4/c1-16(2)23-24(27)25(20-15-19(26(28)29)13-14-21(20)30-23)22(17-9-5-3-6-10-17)18-11-7-4-8-12-18/h3-16,22-23H,1-2H3. The van der Waals surface area contributed by atoms with Gasteiger partial charge in [-0.3, -0.25) is 19.8 Å². The zero-order chi connectivity index (χ0) is 21.3. The fourth-order valence-electron chi connectivity index (χ4n) is 3.80. The van der Waals surface area contributed by atoms with Gasteiger partial charge in [0.05, 0.1) is 16.7 Å². The summed E-state index contributed by atoms with van der Waals surface area (Å²) >= 11 is 0. The quantitative estimate of drug-likeness (QED) is 0.438. The van der Waals surface area contributed by atoms with Crippen LogP contribution in [0.2, 0.25) is 0 Å². The molecule has 0 aromatic heterocycles. The van der Waals surface area contributed by atoms with E-state index >= 15 is 0 Å². The molecular formula is C24H22N2O4. The summed E-state index contributed by atoms with van der Waals surface area (Å²) in [5, 5.41) is 11.4. The van der Waals surface area contributed by atoms with Gasteiger partial charge in [-0.2, -0.15) is 0 Å². The van der Waals surface area contributed by atoms with E-state index in [0.29, 0.717) is 11.4 Å². The highest BCUT2D eigenvalue weighted by Crippen LogP contribution is 2.44. The molecule has 3 aromatic rings. The number of hydrogen-bond acceptors (Lipinski definition) is 4. The van der Waals surface area contributed by atoms with Crippen LogP contribution in [0.1, 0.15) is 31.0 Å². The Bertz CT molecular complexity index is 1030. The van der Waals surface area contributed by atoms with Crippen molar-refractivity contribution in [2.75, 3.05) is 4.90 Å². The summed E-state index contributed by atoms with van der Waals surface area (Å²) in [6, 6.07) is 23.3. The zero-order valence-corrected chi connectivity index (χ0v) is 16.8. The normalized spacial score (nSPS) is 15.8. The zero-order valence-electron chi connectivity index (χ0n) is 16.8. The molecule has 1 aliphatic rings. The van der Waals surface area contributed by atoms with Crippen LogP contribution in [0.15, 0.2) is 78.9 Å². The summed E-state index contributed by atoms with van der Waals surface area (Å²) in [6.45, 7) is 3.86. The molecule has 0 fully saturated rings. The third-order valence-corrected chi connectivity index (χ3v) is 5.24. The van der Waals surface area contributed by atoms with Gasteiger partial charge in [0.25, 0.3) is 11.6 Å². The third-order valence-electron chi connectivity index (χ3n) is 5.24. The van der Waals surface area contributed by atoms with E-state index in [1.165, 1.54) is 12.1 Å². The molecule has 0 spiro atoms. The molecule has 0 saturated carbocycles. The van der Waals surface area contributed by atoms with Crippen LogP contribution in [-0.2, 0) is 4.79 Å². The number of benzene rings is 3. The topological polar surface area (TPSA) is 72.7 Å². The molecule has 0 saturated heterocycles. The summed E-state index contributed by atoms with van der Waals surface area (Å²) < 4.78 is 5.98. The fraction of sp³-hybridized carbons (Fsp3) is 0.208. The molecule has 1 aliphatic heterocycles. The van der Waals surface area contributed by atoms with Crippen molar-refractivity contribution in [2.24, 2.45) is 5.92 Å². The van der Waals surface area contributed by atoms with Gasteiger partial charge in [0.15, 0.2) is 6.10 Å². The van der Waals surface area contributed by atoms with Gasteiger partial charge in [-0.25, -0.2) is 0 Å². The van der Waals surface area contributed by atoms with Crippen molar-refractivity contribution in [3.8, 4) is 5.75 Å². The van der Waals surface area contributed by atoms with Gasteiger partial charge in [-0.15, -0.1) is 0 Å². The lowest BCUT2D eigenvalue weighted by atomic mass is 9.93. The molecular weight excluding hydrogens is 380 g/mol. The number of non-ortho nitro benzene ring substituents is 1. The Morgan fingerprint density at radius 2 is 1.50 bits per heavy atom. The Balaban J connectivity index is 1.95. The predicted molar refractivity (Wildman–Crippen MR) is 115 cm³/mol. The molecule has 6 heteroatoms. The largest absolute Gasteiger partial charge is 0.478 e. The maximum absolute atomic E-state index is 13.6. The summed E-state index contributed by atoms with van der Waals surface area (Å²) in [7, 11) is 0. The van der Waals surface area contributed by atoms with Crippen molar-refractivity contribution in [3.05, 3.63) is 100 Å². The van der Waals surface area contributed by atoms with Crippen LogP contribution < -0.4 is 9.64 Å². The minimum Gasteiger partial charge on any atom is -0.478 e. The first-order valence-corrected chi connectivity index (χ1v) is 9.85. The maximum atomic E-state index is 13.6. The molecule has 30 heavy (non-hydrogen) atoms. The van der Waals surface area contributed by atoms with Crippen molar-refractivity contribution in [2.45, 2.75) is 26.0 Å². The minimum absolute atomic E-state index is 0.0597. The van der Waals surface area contributed by atoms with Crippen molar-refractivity contribution >= 4 is 17.3 Å². The second kappa shape index (κ2) is 7.99. The smallest absolute Gasteiger partial charge is 0.271 e. The Labute approximate surface area is 174 Å². The second-order valence-electron chi connectivity index (χ2n) is 7.62. The molecule has 4 rings (SSSR count). The lowest BCUT2D eigenvalue weighted by molar-refractivity contribution is -0.384. The van der Waals surface area contributed by atoms with Gasteiger partial charge in [0, 0.05) is 12.1 Å². The Hall–Kier alpha value is -3.67. The number of hydrogen-bond donors (Lipinski definition) is 0. The highest BCUT2D eigenvalue weighted by atomic mass is 16.6. The minimum atomic E-state index is -0.672. The van der Waals surface area contributed by atoms with Gasteiger partial charge in [-0.1, -0.05) is 74.5 Å². The fourth-order valence-corrected chi connectivity index (χ4v) is 3.80. The van der Waals surface area contributed by atoms with E-state index in [-0.39, 0.29) is 17.5 Å². The summed E-state index contributed by atoms with van der Waals surface area (Å²) in [5.41, 5.74) is 2.15. The molecule has 1 heterocycles. The lowest BCUT2D eigenvalue weighted by Gasteiger charge is -2.40. The Morgan fingerprint density at radius 1 is 0.933 bits per heavy atom. The van der Waals surface area contributed by atoms with Crippen LogP contribution in [-0.4, -0.2) is 16.9 Å². The number of anilines is 1. The van der Waals surface area contributed by atoms with E-state index in [2.05, 4.69) is 0 Å². The highest BCUT2D eigenvalue weighted by Gasteiger charge is 2.41. The summed E-state index contributed by atoms with van der Waals surface area (Å²) in [6.07, 6.45) is -0.672. The number of carbonyl (C=O) groups is 1. The number of fused-ring (bicyclic) bond motifs is 1. The van der Waals surface area contributed by atoms with Crippen molar-refractivity contribution < 1.29 is 14.5 Å². The molecule has 1 unspecified atom stereocenters. The number of amides is 1. The van der Waals surface area contributed by atoms with E-state index in [1.807, 2.05) is 74.5 Å². The Morgan fingerprint density at radius 3 is 2.00 bits per heavy atom. The van der Waals surface area contributed by atoms with Gasteiger partial charge < -0.3 is 4.74 Å². The maximum Gasteiger partial charge on any atom is 0.271 e. The van der Waals surface area contributed by atoms with Gasteiger partial charge in [-0.05, 0) is 23.1 Å². The summed E-state index contributed by atoms with van der Waals surface area (Å²) in [4.78, 5) is 26.2. The second-order valence-corrected chi connectivity index (χ2v) is 7.62. The van der Waals surface area contributed by atoms with Crippen LogP contribution in [0, 0.1) is 16.0 Å². The SMILES string of the molecule is CC(C)C1Oc2ccc([N+](=O)[O-])cc2N(C(c2ccccc2)c2ccccc2)C1=O. The van der Waals surface area contributed by atoms with E-state index in [4.69, 9.17) is 4.74 Å². The van der Waals surface area contributed by atoms with E-state index in [0.717, 1.165) is 11.1 Å². The van der Waals surface area contributed by atoms with E-state index in [1.54, 1.807) is 11.0 Å². The van der Waals surface area contributed by atoms with Gasteiger partial charge in [0.2, 0.25) is 0 Å². The molecule has 0 bridgehead atoms. The molecule has 3 aromatic carbocycles. The molecule has 1 atom stereocenters. The van der Waals surface area contributed by atoms with Gasteiger partial charge in [0.1, 0.15) is 5.75 Å². The van der Waals surface area contributed by atoms with Gasteiger partial charge >= 0.3 is 0 Å². The number of nitrogens with zero attached hydrogens (tertiary/aromatic N) is 2. The van der Waals surface area contributed by atoms with Crippen LogP contribution in [0.25, 0.3) is 0 Å². The highest BCUT2D eigenvalue weighted by molar-refractivity contribution is 6.01.